The first-order chi connectivity index (χ1) is 22.0. The van der Waals surface area contributed by atoms with Gasteiger partial charge in [0, 0.05) is 56.8 Å². The highest BCUT2D eigenvalue weighted by atomic mass is 15.0. The number of fused-ring (bicyclic) bond motifs is 13. The molecule has 0 bridgehead atoms. The van der Waals surface area contributed by atoms with Crippen LogP contribution in [0.5, 0.6) is 0 Å². The van der Waals surface area contributed by atoms with Crippen molar-refractivity contribution in [1.82, 2.24) is 24.3 Å². The summed E-state index contributed by atoms with van der Waals surface area (Å²) in [6.45, 7) is 6.58. The van der Waals surface area contributed by atoms with E-state index >= 15 is 0 Å². The van der Waals surface area contributed by atoms with E-state index < -0.39 is 0 Å². The van der Waals surface area contributed by atoms with Crippen molar-refractivity contribution in [3.8, 4) is 11.3 Å². The van der Waals surface area contributed by atoms with Gasteiger partial charge in [-0.25, -0.2) is 4.98 Å². The number of nitrogens with zero attached hydrogens (tertiary/aromatic N) is 5. The summed E-state index contributed by atoms with van der Waals surface area (Å²) in [5.41, 5.74) is 10.1. The fourth-order valence-electron chi connectivity index (χ4n) is 7.05. The fourth-order valence-corrected chi connectivity index (χ4v) is 7.05. The predicted molar refractivity (Wildman–Crippen MR) is 185 cm³/mol. The minimum atomic E-state index is -0.325. The van der Waals surface area contributed by atoms with Gasteiger partial charge in [0.1, 0.15) is 5.65 Å². The van der Waals surface area contributed by atoms with Gasteiger partial charge in [-0.05, 0) is 71.3 Å². The van der Waals surface area contributed by atoms with Crippen molar-refractivity contribution in [2.24, 2.45) is 0 Å². The summed E-state index contributed by atoms with van der Waals surface area (Å²) in [4.78, 5) is 19.7. The van der Waals surface area contributed by atoms with Crippen molar-refractivity contribution < 1.29 is 0 Å². The maximum absolute atomic E-state index is 5.35. The minimum absolute atomic E-state index is 0.325. The zero-order chi connectivity index (χ0) is 30.3. The van der Waals surface area contributed by atoms with Crippen molar-refractivity contribution in [2.75, 3.05) is 0 Å². The molecule has 5 heterocycles. The summed E-state index contributed by atoms with van der Waals surface area (Å²) < 4.78 is 2.35. The highest BCUT2D eigenvalue weighted by Gasteiger charge is 2.27. The van der Waals surface area contributed by atoms with E-state index in [9.17, 15) is 0 Å². The van der Waals surface area contributed by atoms with E-state index in [1.54, 1.807) is 0 Å². The lowest BCUT2D eigenvalue weighted by Crippen LogP contribution is -2.19. The van der Waals surface area contributed by atoms with E-state index in [2.05, 4.69) is 102 Å². The van der Waals surface area contributed by atoms with Crippen LogP contribution in [0.4, 0.5) is 0 Å². The topological polar surface area (TPSA) is 56.0 Å². The minimum Gasteiger partial charge on any atom is -0.291 e. The van der Waals surface area contributed by atoms with E-state index in [0.717, 1.165) is 66.4 Å². The van der Waals surface area contributed by atoms with Gasteiger partial charge in [0.25, 0.3) is 0 Å². The van der Waals surface area contributed by atoms with Gasteiger partial charge in [-0.1, -0.05) is 74.5 Å². The Morgan fingerprint density at radius 3 is 2.09 bits per heavy atom. The van der Waals surface area contributed by atoms with Gasteiger partial charge < -0.3 is 0 Å². The lowest BCUT2D eigenvalue weighted by atomic mass is 9.77. The molecule has 45 heavy (non-hydrogen) atoms. The van der Waals surface area contributed by atoms with Gasteiger partial charge in [0.2, 0.25) is 0 Å². The molecule has 0 aliphatic rings. The van der Waals surface area contributed by atoms with E-state index in [1.165, 1.54) is 21.7 Å². The molecule has 5 aromatic heterocycles. The Morgan fingerprint density at radius 1 is 0.578 bits per heavy atom. The van der Waals surface area contributed by atoms with Crippen LogP contribution in [-0.2, 0) is 5.41 Å². The quantitative estimate of drug-likeness (QED) is 0.196. The molecule has 0 saturated heterocycles. The maximum Gasteiger partial charge on any atom is 0.148 e. The highest BCUT2D eigenvalue weighted by Crippen LogP contribution is 2.41. The summed E-state index contributed by atoms with van der Waals surface area (Å²) >= 11 is 0. The maximum atomic E-state index is 5.35. The first-order valence-corrected chi connectivity index (χ1v) is 15.3. The first kappa shape index (κ1) is 25.8. The van der Waals surface area contributed by atoms with Gasteiger partial charge in [-0.2, -0.15) is 0 Å². The molecule has 4 aromatic carbocycles. The zero-order valence-electron chi connectivity index (χ0n) is 25.3. The van der Waals surface area contributed by atoms with Crippen LogP contribution in [0.3, 0.4) is 0 Å². The zero-order valence-corrected chi connectivity index (χ0v) is 25.3. The van der Waals surface area contributed by atoms with E-state index in [-0.39, 0.29) is 5.41 Å². The molecular formula is C40H29N5. The predicted octanol–water partition coefficient (Wildman–Crippen LogP) is 9.59. The summed E-state index contributed by atoms with van der Waals surface area (Å²) in [6, 6.07) is 36.5. The fraction of sp³-hybridized carbons (Fsp3) is 0.100. The highest BCUT2D eigenvalue weighted by molar-refractivity contribution is 6.26. The molecular weight excluding hydrogens is 550 g/mol. The summed E-state index contributed by atoms with van der Waals surface area (Å²) in [6.07, 6.45) is 5.72. The normalized spacial score (nSPS) is 12.3. The monoisotopic (exact) mass is 579 g/mol. The van der Waals surface area contributed by atoms with E-state index in [4.69, 9.17) is 15.0 Å². The second kappa shape index (κ2) is 9.41. The Morgan fingerprint density at radius 2 is 1.29 bits per heavy atom. The second-order valence-corrected chi connectivity index (χ2v) is 12.4. The van der Waals surface area contributed by atoms with Crippen molar-refractivity contribution in [1.29, 1.82) is 0 Å². The molecule has 0 aliphatic carbocycles. The van der Waals surface area contributed by atoms with Crippen LogP contribution in [-0.4, -0.2) is 24.3 Å². The molecule has 0 saturated carbocycles. The summed E-state index contributed by atoms with van der Waals surface area (Å²) in [7, 11) is 0. The SMILES string of the molecule is Cc1ncc(C(C)(C)c2ccc3c(c2)c2ncccc2c2nc4c5ccccc5c5ccccc5c4n32)cc1-c1ccccn1. The molecule has 0 radical (unpaired) electrons. The van der Waals surface area contributed by atoms with Crippen molar-refractivity contribution in [3.05, 3.63) is 139 Å². The number of hydrogen-bond acceptors (Lipinski definition) is 4. The molecule has 0 fully saturated rings. The van der Waals surface area contributed by atoms with Crippen LogP contribution in [0.15, 0.2) is 122 Å². The molecule has 0 spiro atoms. The van der Waals surface area contributed by atoms with Crippen LogP contribution in [0.2, 0.25) is 0 Å². The van der Waals surface area contributed by atoms with Crippen molar-refractivity contribution >= 4 is 60.0 Å². The average molecular weight is 580 g/mol. The Hall–Kier alpha value is -5.68. The third kappa shape index (κ3) is 3.67. The lowest BCUT2D eigenvalue weighted by Gasteiger charge is -2.27. The molecule has 0 atom stereocenters. The number of benzene rings is 4. The Balaban J connectivity index is 1.36. The average Bonchev–Trinajstić information content (AvgIpc) is 3.50. The molecule has 0 unspecified atom stereocenters. The third-order valence-electron chi connectivity index (χ3n) is 9.54. The third-order valence-corrected chi connectivity index (χ3v) is 9.54. The van der Waals surface area contributed by atoms with E-state index in [1.807, 2.05) is 49.8 Å². The molecule has 5 heteroatoms. The Bertz CT molecular complexity index is 2630. The number of pyridine rings is 4. The van der Waals surface area contributed by atoms with Gasteiger partial charge in [0.15, 0.2) is 0 Å². The molecule has 0 amide bonds. The summed E-state index contributed by atoms with van der Waals surface area (Å²) in [5, 5.41) is 6.95. The van der Waals surface area contributed by atoms with Gasteiger partial charge in [0.05, 0.1) is 27.8 Å². The smallest absolute Gasteiger partial charge is 0.148 e. The molecule has 0 aliphatic heterocycles. The number of hydrogen-bond donors (Lipinski definition) is 0. The lowest BCUT2D eigenvalue weighted by molar-refractivity contribution is 0.638. The molecule has 0 N–H and O–H groups in total. The Kier molecular flexibility index (Phi) is 5.39. The summed E-state index contributed by atoms with van der Waals surface area (Å²) in [5.74, 6) is 0. The van der Waals surface area contributed by atoms with Crippen LogP contribution in [0.25, 0.3) is 71.3 Å². The van der Waals surface area contributed by atoms with Crippen molar-refractivity contribution in [3.63, 3.8) is 0 Å². The van der Waals surface area contributed by atoms with Crippen LogP contribution < -0.4 is 0 Å². The van der Waals surface area contributed by atoms with Gasteiger partial charge in [-0.15, -0.1) is 0 Å². The first-order valence-electron chi connectivity index (χ1n) is 15.3. The van der Waals surface area contributed by atoms with Crippen LogP contribution in [0.1, 0.15) is 30.7 Å². The number of aromatic nitrogens is 5. The second-order valence-electron chi connectivity index (χ2n) is 12.4. The van der Waals surface area contributed by atoms with Gasteiger partial charge in [-0.3, -0.25) is 19.4 Å². The van der Waals surface area contributed by atoms with Crippen LogP contribution in [0, 0.1) is 6.92 Å². The van der Waals surface area contributed by atoms with Crippen molar-refractivity contribution in [2.45, 2.75) is 26.2 Å². The van der Waals surface area contributed by atoms with Gasteiger partial charge >= 0.3 is 0 Å². The molecule has 9 rings (SSSR count). The number of aryl methyl sites for hydroxylation is 1. The largest absolute Gasteiger partial charge is 0.291 e. The molecule has 214 valence electrons. The molecule has 9 aromatic rings. The van der Waals surface area contributed by atoms with Crippen LogP contribution >= 0.6 is 0 Å². The Labute approximate surface area is 259 Å². The number of imidazole rings is 1. The molecule has 5 nitrogen and oxygen atoms in total. The number of rotatable bonds is 3. The van der Waals surface area contributed by atoms with E-state index in [0.29, 0.717) is 0 Å². The standard InChI is InChI=1S/C40H29N5/c1-24-32(34-16-8-9-19-41-34)22-26(23-43-24)40(2,3)25-17-18-35-33(21-25)36-31(15-10-20-42-36)39-44-37-29-13-6-4-11-27(29)28-12-5-7-14-30(28)38(37)45(35)39/h4-23H,1-3H3.